The molecule has 0 spiro atoms. The first-order chi connectivity index (χ1) is 14.6. The van der Waals surface area contributed by atoms with E-state index in [-0.39, 0.29) is 35.1 Å². The number of carbonyl (C=O) groups is 3. The maximum Gasteiger partial charge on any atom is 0.309 e. The average molecular weight is 510 g/mol. The molecule has 0 bridgehead atoms. The first-order valence-electron chi connectivity index (χ1n) is 11.5. The molecule has 0 N–H and O–H groups in total. The lowest BCUT2D eigenvalue weighted by molar-refractivity contribution is -0.133. The molecule has 5 nitrogen and oxygen atoms in total. The molecule has 1 aliphatic rings. The van der Waals surface area contributed by atoms with Gasteiger partial charge in [0.25, 0.3) is 0 Å². The molecule has 0 saturated heterocycles. The van der Waals surface area contributed by atoms with Gasteiger partial charge in [-0.3, -0.25) is 14.4 Å². The molecule has 0 aromatic rings. The van der Waals surface area contributed by atoms with Gasteiger partial charge in [-0.2, -0.15) is 0 Å². The van der Waals surface area contributed by atoms with Gasteiger partial charge in [-0.05, 0) is 31.6 Å². The van der Waals surface area contributed by atoms with Crippen LogP contribution >= 0.6 is 34.8 Å². The Bertz CT molecular complexity index is 582. The summed E-state index contributed by atoms with van der Waals surface area (Å²) in [5.74, 6) is 0.625. The van der Waals surface area contributed by atoms with Gasteiger partial charge in [-0.1, -0.05) is 70.7 Å². The highest BCUT2D eigenvalue weighted by molar-refractivity contribution is 8.41. The lowest BCUT2D eigenvalue weighted by Crippen LogP contribution is -2.27. The average Bonchev–Trinajstić information content (AvgIpc) is 3.01. The van der Waals surface area contributed by atoms with Crippen molar-refractivity contribution in [1.82, 2.24) is 0 Å². The minimum Gasteiger partial charge on any atom is -0.437 e. The van der Waals surface area contributed by atoms with Crippen molar-refractivity contribution in [3.8, 4) is 0 Å². The molecule has 31 heavy (non-hydrogen) atoms. The summed E-state index contributed by atoms with van der Waals surface area (Å²) in [6.45, 7) is 6.05. The molecule has 1 rings (SSSR count). The molecule has 0 aromatic carbocycles. The number of hydrogen-bond donors (Lipinski definition) is 0. The number of Topliss-reactive ketones (excluding diaryl/α,β-unsaturated/α-hetero) is 2. The molecule has 0 aromatic heterocycles. The van der Waals surface area contributed by atoms with Gasteiger partial charge in [0.2, 0.25) is 0 Å². The summed E-state index contributed by atoms with van der Waals surface area (Å²) in [6.07, 6.45) is 10.1. The van der Waals surface area contributed by atoms with E-state index >= 15 is 0 Å². The lowest BCUT2D eigenvalue weighted by Gasteiger charge is -2.25. The Morgan fingerprint density at radius 2 is 1.65 bits per heavy atom. The van der Waals surface area contributed by atoms with E-state index in [1.54, 1.807) is 0 Å². The molecule has 0 radical (unpaired) electrons. The smallest absolute Gasteiger partial charge is 0.309 e. The van der Waals surface area contributed by atoms with E-state index < -0.39 is 7.53 Å². The standard InChI is InChI=1S/C22H42O5P4/c1-4-22(2,3)20(24)14-13-17-16(18(23)15-19(17)26-28)11-9-7-5-6-8-10-12-21(25)27-31(29)30/h16-17,19H,4-15,28-30H2,1-3H3/t16?,17-,19?/m1/s1. The highest BCUT2D eigenvalue weighted by atomic mass is 32.4. The summed E-state index contributed by atoms with van der Waals surface area (Å²) in [7, 11) is 6.52. The van der Waals surface area contributed by atoms with Gasteiger partial charge < -0.3 is 9.05 Å². The van der Waals surface area contributed by atoms with Gasteiger partial charge in [0.15, 0.2) is 0 Å². The fraction of sp³-hybridized carbons (Fsp3) is 0.864. The van der Waals surface area contributed by atoms with Crippen molar-refractivity contribution in [3.05, 3.63) is 0 Å². The van der Waals surface area contributed by atoms with Crippen molar-refractivity contribution in [2.75, 3.05) is 0 Å². The zero-order valence-corrected chi connectivity index (χ0v) is 23.8. The summed E-state index contributed by atoms with van der Waals surface area (Å²) in [4.78, 5) is 36.7. The van der Waals surface area contributed by atoms with E-state index in [4.69, 9.17) is 9.05 Å². The molecule has 1 saturated carbocycles. The normalized spacial score (nSPS) is 21.6. The van der Waals surface area contributed by atoms with Crippen LogP contribution in [0.4, 0.5) is 0 Å². The summed E-state index contributed by atoms with van der Waals surface area (Å²) in [5, 5.41) is 0. The second kappa shape index (κ2) is 15.4. The van der Waals surface area contributed by atoms with Crippen molar-refractivity contribution >= 4 is 52.4 Å². The van der Waals surface area contributed by atoms with Crippen LogP contribution < -0.4 is 0 Å². The van der Waals surface area contributed by atoms with E-state index in [0.717, 1.165) is 57.8 Å². The second-order valence-corrected chi connectivity index (χ2v) is 15.3. The predicted molar refractivity (Wildman–Crippen MR) is 139 cm³/mol. The largest absolute Gasteiger partial charge is 0.437 e. The molecule has 180 valence electrons. The predicted octanol–water partition coefficient (Wildman–Crippen LogP) is 6.79. The number of hydrogen-bond acceptors (Lipinski definition) is 5. The molecule has 1 fully saturated rings. The van der Waals surface area contributed by atoms with Gasteiger partial charge in [-0.25, -0.2) is 0 Å². The van der Waals surface area contributed by atoms with Crippen LogP contribution in [0.3, 0.4) is 0 Å². The van der Waals surface area contributed by atoms with E-state index in [9.17, 15) is 14.4 Å². The first-order valence-corrected chi connectivity index (χ1v) is 16.5. The quantitative estimate of drug-likeness (QED) is 0.169. The van der Waals surface area contributed by atoms with Gasteiger partial charge in [0.1, 0.15) is 19.1 Å². The molecule has 0 aliphatic heterocycles. The van der Waals surface area contributed by atoms with Gasteiger partial charge >= 0.3 is 5.97 Å². The maximum atomic E-state index is 12.6. The van der Waals surface area contributed by atoms with E-state index in [0.29, 0.717) is 25.0 Å². The van der Waals surface area contributed by atoms with E-state index in [1.807, 2.05) is 20.8 Å². The molecular weight excluding hydrogens is 468 g/mol. The third-order valence-electron chi connectivity index (χ3n) is 6.68. The zero-order valence-electron chi connectivity index (χ0n) is 19.4. The van der Waals surface area contributed by atoms with Crippen LogP contribution in [0, 0.1) is 17.3 Å². The minimum absolute atomic E-state index is 0.0200. The SMILES string of the molecule is CCC(C)(C)C(=O)CC[C@H]1C(OP)CC(=O)C1CCCCCCCCC(=O)OP(P)P. The topological polar surface area (TPSA) is 69.7 Å². The molecule has 1 aliphatic carbocycles. The zero-order chi connectivity index (χ0) is 23.4. The molecule has 0 amide bonds. The van der Waals surface area contributed by atoms with Crippen LogP contribution in [-0.4, -0.2) is 23.6 Å². The number of rotatable bonds is 16. The summed E-state index contributed by atoms with van der Waals surface area (Å²) in [5.41, 5.74) is -0.292. The van der Waals surface area contributed by atoms with Crippen molar-refractivity contribution < 1.29 is 23.4 Å². The molecular formula is C22H42O5P4. The van der Waals surface area contributed by atoms with Crippen LogP contribution in [0.1, 0.15) is 97.8 Å². The summed E-state index contributed by atoms with van der Waals surface area (Å²) < 4.78 is 10.7. The number of carbonyl (C=O) groups excluding carboxylic acids is 3. The van der Waals surface area contributed by atoms with Crippen LogP contribution in [0.25, 0.3) is 0 Å². The Balaban J connectivity index is 2.33. The molecule has 9 heteroatoms. The monoisotopic (exact) mass is 510 g/mol. The molecule has 6 atom stereocenters. The minimum atomic E-state index is -0.775. The van der Waals surface area contributed by atoms with Gasteiger partial charge in [0, 0.05) is 40.1 Å². The summed E-state index contributed by atoms with van der Waals surface area (Å²) in [6, 6.07) is 0. The third-order valence-corrected chi connectivity index (χ3v) is 8.08. The molecule has 5 unspecified atom stereocenters. The first kappa shape index (κ1) is 29.5. The fourth-order valence-corrected chi connectivity index (χ4v) is 5.58. The van der Waals surface area contributed by atoms with Crippen molar-refractivity contribution in [1.29, 1.82) is 0 Å². The van der Waals surface area contributed by atoms with Crippen LogP contribution in [0.2, 0.25) is 0 Å². The van der Waals surface area contributed by atoms with E-state index in [2.05, 4.69) is 27.3 Å². The fourth-order valence-electron chi connectivity index (χ4n) is 4.25. The van der Waals surface area contributed by atoms with E-state index in [1.165, 1.54) is 0 Å². The molecule has 0 heterocycles. The lowest BCUT2D eigenvalue weighted by atomic mass is 9.79. The Kier molecular flexibility index (Phi) is 14.7. The van der Waals surface area contributed by atoms with Crippen molar-refractivity contribution in [2.24, 2.45) is 17.3 Å². The summed E-state index contributed by atoms with van der Waals surface area (Å²) >= 11 is 0. The van der Waals surface area contributed by atoms with Gasteiger partial charge in [-0.15, -0.1) is 0 Å². The second-order valence-electron chi connectivity index (χ2n) is 9.30. The van der Waals surface area contributed by atoms with Gasteiger partial charge in [0.05, 0.1) is 6.10 Å². The number of unbranched alkanes of at least 4 members (excludes halogenated alkanes) is 5. The van der Waals surface area contributed by atoms with Crippen LogP contribution in [0.5, 0.6) is 0 Å². The van der Waals surface area contributed by atoms with Crippen molar-refractivity contribution in [2.45, 2.75) is 104 Å². The highest BCUT2D eigenvalue weighted by Gasteiger charge is 2.42. The van der Waals surface area contributed by atoms with Crippen molar-refractivity contribution in [3.63, 3.8) is 0 Å². The number of ketones is 2. The van der Waals surface area contributed by atoms with Crippen LogP contribution in [-0.2, 0) is 23.4 Å². The maximum absolute atomic E-state index is 12.6. The Morgan fingerprint density at radius 3 is 2.23 bits per heavy atom. The Morgan fingerprint density at radius 1 is 1.03 bits per heavy atom. The Hall–Kier alpha value is 0.490. The highest BCUT2D eigenvalue weighted by Crippen LogP contribution is 2.53. The Labute approximate surface area is 197 Å². The van der Waals surface area contributed by atoms with Crippen LogP contribution in [0.15, 0.2) is 0 Å². The third kappa shape index (κ3) is 11.0.